The van der Waals surface area contributed by atoms with E-state index in [-0.39, 0.29) is 0 Å². The fourth-order valence-electron chi connectivity index (χ4n) is 3.40. The predicted molar refractivity (Wildman–Crippen MR) is 117 cm³/mol. The SMILES string of the molecule is CCCCCC[N+](C)(CC)CCC.CCCC[N+](C)(CC)CCCC. The lowest BCUT2D eigenvalue weighted by Gasteiger charge is -2.33. The van der Waals surface area contributed by atoms with Gasteiger partial charge in [-0.2, -0.15) is 0 Å². The first-order chi connectivity index (χ1) is 11.9. The zero-order valence-electron chi connectivity index (χ0n) is 19.5. The Balaban J connectivity index is 0. The molecule has 0 fully saturated rings. The fraction of sp³-hybridized carbons (Fsp3) is 1.00. The highest BCUT2D eigenvalue weighted by Crippen LogP contribution is 2.09. The highest BCUT2D eigenvalue weighted by molar-refractivity contribution is 4.42. The van der Waals surface area contributed by atoms with Crippen molar-refractivity contribution >= 4 is 0 Å². The minimum Gasteiger partial charge on any atom is -0.326 e. The van der Waals surface area contributed by atoms with E-state index < -0.39 is 0 Å². The van der Waals surface area contributed by atoms with E-state index in [9.17, 15) is 0 Å². The van der Waals surface area contributed by atoms with E-state index in [0.29, 0.717) is 0 Å². The number of nitrogens with zero attached hydrogens (tertiary/aromatic N) is 2. The van der Waals surface area contributed by atoms with Crippen LogP contribution in [-0.4, -0.2) is 62.3 Å². The van der Waals surface area contributed by atoms with Crippen LogP contribution in [0.25, 0.3) is 0 Å². The Morgan fingerprint density at radius 2 is 0.800 bits per heavy atom. The summed E-state index contributed by atoms with van der Waals surface area (Å²) in [7, 11) is 4.79. The molecule has 0 spiro atoms. The molecule has 0 aromatic heterocycles. The maximum Gasteiger partial charge on any atom is 0.0784 e. The molecule has 0 aliphatic carbocycles. The van der Waals surface area contributed by atoms with Gasteiger partial charge in [0.2, 0.25) is 0 Å². The van der Waals surface area contributed by atoms with E-state index in [1.807, 2.05) is 0 Å². The molecule has 0 aliphatic rings. The van der Waals surface area contributed by atoms with Crippen molar-refractivity contribution in [1.29, 1.82) is 0 Å². The van der Waals surface area contributed by atoms with Gasteiger partial charge in [0.05, 0.1) is 53.4 Å². The van der Waals surface area contributed by atoms with E-state index in [2.05, 4.69) is 55.6 Å². The Bertz CT molecular complexity index is 257. The second kappa shape index (κ2) is 17.3. The maximum absolute atomic E-state index is 2.40. The molecule has 1 atom stereocenters. The third kappa shape index (κ3) is 15.9. The monoisotopic (exact) mass is 358 g/mol. The highest BCUT2D eigenvalue weighted by Gasteiger charge is 2.17. The van der Waals surface area contributed by atoms with Crippen LogP contribution in [0, 0.1) is 0 Å². The quantitative estimate of drug-likeness (QED) is 0.232. The summed E-state index contributed by atoms with van der Waals surface area (Å²) in [5.74, 6) is 0. The van der Waals surface area contributed by atoms with Crippen LogP contribution >= 0.6 is 0 Å². The summed E-state index contributed by atoms with van der Waals surface area (Å²) in [6.07, 6.45) is 12.4. The average Bonchev–Trinajstić information content (AvgIpc) is 2.63. The van der Waals surface area contributed by atoms with Gasteiger partial charge < -0.3 is 8.97 Å². The molecular formula is C23H54N2+2. The first-order valence-electron chi connectivity index (χ1n) is 11.5. The van der Waals surface area contributed by atoms with Gasteiger partial charge in [-0.25, -0.2) is 0 Å². The smallest absolute Gasteiger partial charge is 0.0784 e. The van der Waals surface area contributed by atoms with E-state index >= 15 is 0 Å². The molecule has 0 radical (unpaired) electrons. The average molecular weight is 359 g/mol. The van der Waals surface area contributed by atoms with Crippen LogP contribution in [0.4, 0.5) is 0 Å². The first kappa shape index (κ1) is 27.1. The van der Waals surface area contributed by atoms with Crippen molar-refractivity contribution < 1.29 is 8.97 Å². The van der Waals surface area contributed by atoms with Crippen molar-refractivity contribution in [3.63, 3.8) is 0 Å². The van der Waals surface area contributed by atoms with Gasteiger partial charge in [-0.15, -0.1) is 0 Å². The summed E-state index contributed by atoms with van der Waals surface area (Å²) in [6, 6.07) is 0. The normalized spacial score (nSPS) is 13.9. The molecular weight excluding hydrogens is 304 g/mol. The van der Waals surface area contributed by atoms with Crippen molar-refractivity contribution in [3.8, 4) is 0 Å². The predicted octanol–water partition coefficient (Wildman–Crippen LogP) is 6.50. The second-order valence-electron chi connectivity index (χ2n) is 8.53. The second-order valence-corrected chi connectivity index (χ2v) is 8.53. The van der Waals surface area contributed by atoms with Crippen molar-refractivity contribution in [2.24, 2.45) is 0 Å². The molecule has 0 amide bonds. The van der Waals surface area contributed by atoms with Crippen LogP contribution < -0.4 is 0 Å². The molecule has 0 saturated heterocycles. The molecule has 0 aromatic carbocycles. The molecule has 0 N–H and O–H groups in total. The molecule has 0 aliphatic heterocycles. The van der Waals surface area contributed by atoms with E-state index in [1.54, 1.807) is 0 Å². The number of quaternary nitrogens is 2. The van der Waals surface area contributed by atoms with Gasteiger partial charge in [0, 0.05) is 0 Å². The van der Waals surface area contributed by atoms with Crippen molar-refractivity contribution in [2.75, 3.05) is 53.4 Å². The summed E-state index contributed by atoms with van der Waals surface area (Å²) >= 11 is 0. The summed E-state index contributed by atoms with van der Waals surface area (Å²) < 4.78 is 2.56. The lowest BCUT2D eigenvalue weighted by atomic mass is 10.2. The molecule has 2 nitrogen and oxygen atoms in total. The molecule has 0 bridgehead atoms. The van der Waals surface area contributed by atoms with Gasteiger partial charge in [0.1, 0.15) is 0 Å². The Morgan fingerprint density at radius 1 is 0.400 bits per heavy atom. The Labute approximate surface area is 162 Å². The largest absolute Gasteiger partial charge is 0.326 e. The molecule has 1 unspecified atom stereocenters. The molecule has 0 heterocycles. The van der Waals surface area contributed by atoms with Gasteiger partial charge in [0.25, 0.3) is 0 Å². The third-order valence-electron chi connectivity index (χ3n) is 5.94. The molecule has 0 aromatic rings. The number of rotatable bonds is 15. The molecule has 154 valence electrons. The minimum atomic E-state index is 1.28. The van der Waals surface area contributed by atoms with Gasteiger partial charge in [0.15, 0.2) is 0 Å². The van der Waals surface area contributed by atoms with Crippen LogP contribution in [0.1, 0.15) is 99.3 Å². The summed E-state index contributed by atoms with van der Waals surface area (Å²) in [5, 5.41) is 0. The Hall–Kier alpha value is -0.0800. The lowest BCUT2D eigenvalue weighted by molar-refractivity contribution is -0.908. The van der Waals surface area contributed by atoms with Crippen LogP contribution in [0.3, 0.4) is 0 Å². The standard InChI is InChI=1S/C12H28N.C11H26N/c1-5-8-9-10-12-13(4,7-3)11-6-2;1-5-8-10-12(4,7-3)11-9-6-2/h5-12H2,1-4H3;5-11H2,1-4H3/q2*+1. The minimum absolute atomic E-state index is 1.28. The van der Waals surface area contributed by atoms with Crippen LogP contribution in [0.5, 0.6) is 0 Å². The molecule has 0 saturated carbocycles. The third-order valence-corrected chi connectivity index (χ3v) is 5.94. The molecule has 2 heteroatoms. The number of unbranched alkanes of at least 4 members (excludes halogenated alkanes) is 5. The first-order valence-corrected chi connectivity index (χ1v) is 11.5. The van der Waals surface area contributed by atoms with Crippen molar-refractivity contribution in [1.82, 2.24) is 0 Å². The summed E-state index contributed by atoms with van der Waals surface area (Å²) in [6.45, 7) is 21.8. The highest BCUT2D eigenvalue weighted by atomic mass is 15.3. The van der Waals surface area contributed by atoms with Crippen molar-refractivity contribution in [2.45, 2.75) is 99.3 Å². The Morgan fingerprint density at radius 3 is 1.16 bits per heavy atom. The number of hydrogen-bond acceptors (Lipinski definition) is 0. The van der Waals surface area contributed by atoms with Gasteiger partial charge in [-0.3, -0.25) is 0 Å². The van der Waals surface area contributed by atoms with Gasteiger partial charge in [-0.05, 0) is 46.0 Å². The summed E-state index contributed by atoms with van der Waals surface area (Å²) in [4.78, 5) is 0. The molecule has 0 rings (SSSR count). The molecule has 25 heavy (non-hydrogen) atoms. The van der Waals surface area contributed by atoms with Crippen LogP contribution in [-0.2, 0) is 0 Å². The van der Waals surface area contributed by atoms with E-state index in [1.165, 1.54) is 106 Å². The zero-order valence-corrected chi connectivity index (χ0v) is 19.5. The zero-order chi connectivity index (χ0) is 19.6. The van der Waals surface area contributed by atoms with Crippen LogP contribution in [0.15, 0.2) is 0 Å². The van der Waals surface area contributed by atoms with E-state index in [4.69, 9.17) is 0 Å². The summed E-state index contributed by atoms with van der Waals surface area (Å²) in [5.41, 5.74) is 0. The van der Waals surface area contributed by atoms with Crippen molar-refractivity contribution in [3.05, 3.63) is 0 Å². The van der Waals surface area contributed by atoms with E-state index in [0.717, 1.165) is 0 Å². The van der Waals surface area contributed by atoms with Crippen LogP contribution in [0.2, 0.25) is 0 Å². The topological polar surface area (TPSA) is 0 Å². The lowest BCUT2D eigenvalue weighted by Crippen LogP contribution is -2.45. The Kier molecular flexibility index (Phi) is 18.8. The van der Waals surface area contributed by atoms with Gasteiger partial charge >= 0.3 is 0 Å². The van der Waals surface area contributed by atoms with Gasteiger partial charge in [-0.1, -0.05) is 53.4 Å². The number of hydrogen-bond donors (Lipinski definition) is 0. The fourth-order valence-corrected chi connectivity index (χ4v) is 3.40. The maximum atomic E-state index is 2.40.